The summed E-state index contributed by atoms with van der Waals surface area (Å²) in [5.74, 6) is -0.535. The molecule has 0 atom stereocenters. The van der Waals surface area contributed by atoms with Gasteiger partial charge in [-0.15, -0.1) is 11.6 Å². The predicted molar refractivity (Wildman–Crippen MR) is 60.8 cm³/mol. The molecule has 14 heavy (non-hydrogen) atoms. The summed E-state index contributed by atoms with van der Waals surface area (Å²) in [6.45, 7) is 0. The highest BCUT2D eigenvalue weighted by Gasteiger charge is 2.10. The Morgan fingerprint density at radius 2 is 1.71 bits per heavy atom. The quantitative estimate of drug-likeness (QED) is 0.815. The third-order valence-corrected chi connectivity index (χ3v) is 2.45. The van der Waals surface area contributed by atoms with Gasteiger partial charge in [-0.1, -0.05) is 34.8 Å². The highest BCUT2D eigenvalue weighted by molar-refractivity contribution is 6.42. The molecule has 0 spiro atoms. The van der Waals surface area contributed by atoms with Gasteiger partial charge in [-0.2, -0.15) is 0 Å². The van der Waals surface area contributed by atoms with Crippen LogP contribution < -0.4 is 5.32 Å². The van der Waals surface area contributed by atoms with Gasteiger partial charge in [-0.05, 0) is 12.1 Å². The molecule has 0 fully saturated rings. The summed E-state index contributed by atoms with van der Waals surface area (Å²) >= 11 is 22.6. The van der Waals surface area contributed by atoms with Gasteiger partial charge in [0.1, 0.15) is 5.88 Å². The lowest BCUT2D eigenvalue weighted by atomic mass is 10.3. The maximum Gasteiger partial charge on any atom is 0.239 e. The Balaban J connectivity index is 3.02. The van der Waals surface area contributed by atoms with Crippen molar-refractivity contribution >= 4 is 58.0 Å². The number of benzene rings is 1. The lowest BCUT2D eigenvalue weighted by molar-refractivity contribution is -0.113. The van der Waals surface area contributed by atoms with Crippen molar-refractivity contribution in [1.82, 2.24) is 0 Å². The fourth-order valence-corrected chi connectivity index (χ4v) is 1.81. The molecule has 2 nitrogen and oxygen atoms in total. The number of amides is 1. The van der Waals surface area contributed by atoms with Crippen molar-refractivity contribution in [3.63, 3.8) is 0 Å². The van der Waals surface area contributed by atoms with E-state index < -0.39 is 0 Å². The Morgan fingerprint density at radius 1 is 1.21 bits per heavy atom. The Hall–Kier alpha value is -0.150. The van der Waals surface area contributed by atoms with Crippen molar-refractivity contribution in [2.24, 2.45) is 0 Å². The van der Waals surface area contributed by atoms with Crippen molar-refractivity contribution in [3.05, 3.63) is 27.2 Å². The van der Waals surface area contributed by atoms with E-state index >= 15 is 0 Å². The topological polar surface area (TPSA) is 29.1 Å². The molecule has 76 valence electrons. The van der Waals surface area contributed by atoms with E-state index in [0.29, 0.717) is 10.7 Å². The lowest BCUT2D eigenvalue weighted by Crippen LogP contribution is -2.13. The molecule has 1 aromatic carbocycles. The molecule has 0 saturated carbocycles. The molecule has 0 radical (unpaired) electrons. The van der Waals surface area contributed by atoms with Crippen molar-refractivity contribution < 1.29 is 4.79 Å². The molecule has 1 aromatic rings. The first-order valence-corrected chi connectivity index (χ1v) is 5.22. The van der Waals surface area contributed by atoms with Crippen LogP contribution in [-0.2, 0) is 4.79 Å². The van der Waals surface area contributed by atoms with E-state index in [4.69, 9.17) is 46.4 Å². The highest BCUT2D eigenvalue weighted by Crippen LogP contribution is 2.33. The van der Waals surface area contributed by atoms with Gasteiger partial charge in [0.05, 0.1) is 15.7 Å². The van der Waals surface area contributed by atoms with Crippen LogP contribution in [0.2, 0.25) is 15.1 Å². The molecule has 0 unspecified atom stereocenters. The number of alkyl halides is 1. The first-order valence-electron chi connectivity index (χ1n) is 3.55. The van der Waals surface area contributed by atoms with Crippen molar-refractivity contribution in [2.45, 2.75) is 0 Å². The number of rotatable bonds is 2. The SMILES string of the molecule is O=C(CCl)Nc1c(Cl)cc(Cl)cc1Cl. The number of carbonyl (C=O) groups is 1. The maximum absolute atomic E-state index is 11.0. The largest absolute Gasteiger partial charge is 0.322 e. The number of hydrogen-bond donors (Lipinski definition) is 1. The van der Waals surface area contributed by atoms with E-state index in [9.17, 15) is 4.79 Å². The minimum absolute atomic E-state index is 0.157. The van der Waals surface area contributed by atoms with Crippen LogP contribution in [0.3, 0.4) is 0 Å². The molecule has 1 N–H and O–H groups in total. The predicted octanol–water partition coefficient (Wildman–Crippen LogP) is 3.82. The second-order valence-corrected chi connectivity index (χ2v) is 3.94. The van der Waals surface area contributed by atoms with Gasteiger partial charge in [0.25, 0.3) is 0 Å². The van der Waals surface area contributed by atoms with Gasteiger partial charge >= 0.3 is 0 Å². The fraction of sp³-hybridized carbons (Fsp3) is 0.125. The van der Waals surface area contributed by atoms with Crippen LogP contribution in [0.1, 0.15) is 0 Å². The zero-order chi connectivity index (χ0) is 10.7. The molecule has 6 heteroatoms. The molecule has 0 heterocycles. The minimum atomic E-state index is -0.377. The van der Waals surface area contributed by atoms with E-state index in [1.165, 1.54) is 12.1 Å². The Kier molecular flexibility index (Phi) is 4.32. The first-order chi connectivity index (χ1) is 6.54. The smallest absolute Gasteiger partial charge is 0.239 e. The molecule has 0 bridgehead atoms. The zero-order valence-corrected chi connectivity index (χ0v) is 9.81. The van der Waals surface area contributed by atoms with Gasteiger partial charge in [0, 0.05) is 5.02 Å². The van der Waals surface area contributed by atoms with E-state index in [2.05, 4.69) is 5.32 Å². The average Bonchev–Trinajstić information content (AvgIpc) is 2.10. The molecule has 1 amide bonds. The molecular formula is C8H5Cl4NO. The Bertz CT molecular complexity index is 343. The van der Waals surface area contributed by atoms with Gasteiger partial charge in [-0.25, -0.2) is 0 Å². The first kappa shape index (κ1) is 11.9. The minimum Gasteiger partial charge on any atom is -0.322 e. The van der Waals surface area contributed by atoms with Gasteiger partial charge in [0.15, 0.2) is 0 Å². The number of hydrogen-bond acceptors (Lipinski definition) is 1. The van der Waals surface area contributed by atoms with Gasteiger partial charge in [0.2, 0.25) is 5.91 Å². The van der Waals surface area contributed by atoms with Crippen LogP contribution in [-0.4, -0.2) is 11.8 Å². The lowest BCUT2D eigenvalue weighted by Gasteiger charge is -2.08. The molecule has 0 aliphatic heterocycles. The summed E-state index contributed by atoms with van der Waals surface area (Å²) in [7, 11) is 0. The van der Waals surface area contributed by atoms with Crippen molar-refractivity contribution in [3.8, 4) is 0 Å². The molecule has 0 aliphatic rings. The summed E-state index contributed by atoms with van der Waals surface area (Å²) in [6, 6.07) is 2.97. The normalized spacial score (nSPS) is 10.0. The van der Waals surface area contributed by atoms with Crippen LogP contribution in [0.15, 0.2) is 12.1 Å². The monoisotopic (exact) mass is 271 g/mol. The van der Waals surface area contributed by atoms with Crippen LogP contribution in [0.4, 0.5) is 5.69 Å². The average molecular weight is 273 g/mol. The van der Waals surface area contributed by atoms with Gasteiger partial charge < -0.3 is 5.32 Å². The van der Waals surface area contributed by atoms with Gasteiger partial charge in [-0.3, -0.25) is 4.79 Å². The number of anilines is 1. The van der Waals surface area contributed by atoms with Crippen LogP contribution in [0.25, 0.3) is 0 Å². The van der Waals surface area contributed by atoms with Crippen molar-refractivity contribution in [2.75, 3.05) is 11.2 Å². The summed E-state index contributed by atoms with van der Waals surface area (Å²) in [6.07, 6.45) is 0. The standard InChI is InChI=1S/C8H5Cl4NO/c9-3-7(14)13-8-5(11)1-4(10)2-6(8)12/h1-2H,3H2,(H,13,14). The van der Waals surface area contributed by atoms with E-state index in [1.54, 1.807) is 0 Å². The van der Waals surface area contributed by atoms with E-state index in [1.807, 2.05) is 0 Å². The van der Waals surface area contributed by atoms with Crippen LogP contribution in [0, 0.1) is 0 Å². The molecule has 0 saturated heterocycles. The Labute approximate surface area is 101 Å². The molecular weight excluding hydrogens is 268 g/mol. The molecule has 0 aliphatic carbocycles. The summed E-state index contributed by atoms with van der Waals surface area (Å²) in [5.41, 5.74) is 0.323. The van der Waals surface area contributed by atoms with Crippen LogP contribution in [0.5, 0.6) is 0 Å². The van der Waals surface area contributed by atoms with Crippen molar-refractivity contribution in [1.29, 1.82) is 0 Å². The zero-order valence-electron chi connectivity index (χ0n) is 6.78. The summed E-state index contributed by atoms with van der Waals surface area (Å²) in [4.78, 5) is 11.0. The third kappa shape index (κ3) is 2.92. The third-order valence-electron chi connectivity index (χ3n) is 1.39. The summed E-state index contributed by atoms with van der Waals surface area (Å²) in [5, 5.41) is 3.43. The highest BCUT2D eigenvalue weighted by atomic mass is 35.5. The second-order valence-electron chi connectivity index (χ2n) is 2.43. The van der Waals surface area contributed by atoms with E-state index in [-0.39, 0.29) is 21.8 Å². The van der Waals surface area contributed by atoms with Crippen LogP contribution >= 0.6 is 46.4 Å². The maximum atomic E-state index is 11.0. The number of carbonyl (C=O) groups excluding carboxylic acids is 1. The van der Waals surface area contributed by atoms with E-state index in [0.717, 1.165) is 0 Å². The second kappa shape index (κ2) is 5.08. The molecule has 0 aromatic heterocycles. The fourth-order valence-electron chi connectivity index (χ4n) is 0.834. The Morgan fingerprint density at radius 3 is 2.14 bits per heavy atom. The number of halogens is 4. The number of nitrogens with one attached hydrogen (secondary N) is 1. The molecule has 1 rings (SSSR count). The summed E-state index contributed by atoms with van der Waals surface area (Å²) < 4.78 is 0.